The summed E-state index contributed by atoms with van der Waals surface area (Å²) in [4.78, 5) is 8.57. The molecule has 0 aliphatic rings. The van der Waals surface area contributed by atoms with Crippen molar-refractivity contribution in [2.24, 2.45) is 0 Å². The van der Waals surface area contributed by atoms with Crippen molar-refractivity contribution in [1.82, 2.24) is 9.97 Å². The number of sulfonamides is 1. The van der Waals surface area contributed by atoms with Gasteiger partial charge in [-0.25, -0.2) is 13.4 Å². The summed E-state index contributed by atoms with van der Waals surface area (Å²) in [6.07, 6.45) is 2.95. The summed E-state index contributed by atoms with van der Waals surface area (Å²) < 4.78 is 27.0. The van der Waals surface area contributed by atoms with Crippen LogP contribution < -0.4 is 4.72 Å². The largest absolute Gasteiger partial charge is 0.263 e. The van der Waals surface area contributed by atoms with Crippen LogP contribution in [-0.4, -0.2) is 18.4 Å². The smallest absolute Gasteiger partial charge is 0.262 e. The second-order valence-corrected chi connectivity index (χ2v) is 6.75. The third kappa shape index (κ3) is 3.54. The summed E-state index contributed by atoms with van der Waals surface area (Å²) in [7, 11) is -3.66. The van der Waals surface area contributed by atoms with Gasteiger partial charge in [0.1, 0.15) is 0 Å². The van der Waals surface area contributed by atoms with Crippen molar-refractivity contribution in [3.63, 3.8) is 0 Å². The van der Waals surface area contributed by atoms with E-state index in [1.165, 1.54) is 6.20 Å². The Bertz CT molecular complexity index is 891. The van der Waals surface area contributed by atoms with Crippen LogP contribution in [0.15, 0.2) is 71.9 Å². The van der Waals surface area contributed by atoms with Gasteiger partial charge in [0.25, 0.3) is 10.0 Å². The number of rotatable bonds is 4. The molecule has 0 aliphatic heterocycles. The van der Waals surface area contributed by atoms with Crippen LogP contribution in [0.3, 0.4) is 0 Å². The first-order chi connectivity index (χ1) is 11.0. The molecular formula is C17H15N3O2S. The molecule has 1 heterocycles. The predicted molar refractivity (Wildman–Crippen MR) is 89.5 cm³/mol. The first kappa shape index (κ1) is 15.2. The highest BCUT2D eigenvalue weighted by atomic mass is 32.2. The zero-order chi connectivity index (χ0) is 16.3. The van der Waals surface area contributed by atoms with Gasteiger partial charge in [-0.15, -0.1) is 0 Å². The highest BCUT2D eigenvalue weighted by Crippen LogP contribution is 2.18. The predicted octanol–water partition coefficient (Wildman–Crippen LogP) is 3.25. The van der Waals surface area contributed by atoms with Crippen LogP contribution in [0.2, 0.25) is 0 Å². The van der Waals surface area contributed by atoms with Gasteiger partial charge in [0, 0.05) is 5.56 Å². The van der Waals surface area contributed by atoms with Gasteiger partial charge in [-0.05, 0) is 19.1 Å². The fraction of sp³-hybridized carbons (Fsp3) is 0.0588. The summed E-state index contributed by atoms with van der Waals surface area (Å²) in [5.74, 6) is 0.185. The van der Waals surface area contributed by atoms with Crippen LogP contribution in [-0.2, 0) is 10.0 Å². The molecule has 1 N–H and O–H groups in total. The minimum Gasteiger partial charge on any atom is -0.262 e. The van der Waals surface area contributed by atoms with Gasteiger partial charge < -0.3 is 0 Å². The van der Waals surface area contributed by atoms with E-state index in [1.807, 2.05) is 37.3 Å². The fourth-order valence-corrected chi connectivity index (χ4v) is 3.05. The van der Waals surface area contributed by atoms with E-state index in [1.54, 1.807) is 30.5 Å². The van der Waals surface area contributed by atoms with Crippen molar-refractivity contribution < 1.29 is 8.42 Å². The number of anilines is 1. The van der Waals surface area contributed by atoms with Crippen LogP contribution in [0.25, 0.3) is 11.3 Å². The van der Waals surface area contributed by atoms with Crippen molar-refractivity contribution in [2.45, 2.75) is 11.8 Å². The fourth-order valence-electron chi connectivity index (χ4n) is 2.05. The molecule has 0 amide bonds. The van der Waals surface area contributed by atoms with E-state index < -0.39 is 10.0 Å². The molecule has 3 rings (SSSR count). The quantitative estimate of drug-likeness (QED) is 0.799. The molecule has 6 heteroatoms. The first-order valence-electron chi connectivity index (χ1n) is 7.01. The van der Waals surface area contributed by atoms with E-state index in [0.717, 1.165) is 11.1 Å². The molecule has 116 valence electrons. The van der Waals surface area contributed by atoms with Crippen LogP contribution >= 0.6 is 0 Å². The normalized spacial score (nSPS) is 11.2. The number of benzene rings is 2. The Hall–Kier alpha value is -2.73. The molecule has 0 radical (unpaired) electrons. The Morgan fingerprint density at radius 3 is 2.17 bits per heavy atom. The SMILES string of the molecule is Cc1ccc(S(=O)(=O)Nc2cnc(-c3ccccc3)cn2)cc1. The summed E-state index contributed by atoms with van der Waals surface area (Å²) >= 11 is 0. The maximum absolute atomic E-state index is 12.3. The molecule has 0 saturated carbocycles. The zero-order valence-electron chi connectivity index (χ0n) is 12.5. The number of nitrogens with one attached hydrogen (secondary N) is 1. The van der Waals surface area contributed by atoms with Crippen LogP contribution in [0.1, 0.15) is 5.56 Å². The molecule has 1 aromatic heterocycles. The highest BCUT2D eigenvalue weighted by Gasteiger charge is 2.14. The molecule has 0 saturated heterocycles. The average Bonchev–Trinajstić information content (AvgIpc) is 2.56. The molecule has 0 fully saturated rings. The van der Waals surface area contributed by atoms with Crippen molar-refractivity contribution in [1.29, 1.82) is 0 Å². The third-order valence-electron chi connectivity index (χ3n) is 3.29. The number of hydrogen-bond donors (Lipinski definition) is 1. The van der Waals surface area contributed by atoms with E-state index in [9.17, 15) is 8.42 Å². The summed E-state index contributed by atoms with van der Waals surface area (Å²) in [5.41, 5.74) is 2.60. The molecular weight excluding hydrogens is 310 g/mol. The van der Waals surface area contributed by atoms with Crippen LogP contribution in [0, 0.1) is 6.92 Å². The van der Waals surface area contributed by atoms with Gasteiger partial charge >= 0.3 is 0 Å². The van der Waals surface area contributed by atoms with Crippen LogP contribution in [0.4, 0.5) is 5.82 Å². The van der Waals surface area contributed by atoms with Gasteiger partial charge in [0.15, 0.2) is 5.82 Å². The molecule has 0 unspecified atom stereocenters. The Balaban J connectivity index is 1.82. The minimum atomic E-state index is -3.66. The second-order valence-electron chi connectivity index (χ2n) is 5.07. The van der Waals surface area contributed by atoms with E-state index in [-0.39, 0.29) is 10.7 Å². The summed E-state index contributed by atoms with van der Waals surface area (Å²) in [5, 5.41) is 0. The van der Waals surface area contributed by atoms with Gasteiger partial charge in [-0.3, -0.25) is 9.71 Å². The second kappa shape index (κ2) is 6.18. The number of nitrogens with zero attached hydrogens (tertiary/aromatic N) is 2. The van der Waals surface area contributed by atoms with Crippen molar-refractivity contribution in [2.75, 3.05) is 4.72 Å². The van der Waals surface area contributed by atoms with Gasteiger partial charge in [-0.2, -0.15) is 0 Å². The number of hydrogen-bond acceptors (Lipinski definition) is 4. The lowest BCUT2D eigenvalue weighted by atomic mass is 10.2. The Kier molecular flexibility index (Phi) is 4.08. The summed E-state index contributed by atoms with van der Waals surface area (Å²) in [6.45, 7) is 1.90. The Morgan fingerprint density at radius 2 is 1.57 bits per heavy atom. The number of aryl methyl sites for hydroxylation is 1. The lowest BCUT2D eigenvalue weighted by Gasteiger charge is -2.08. The topological polar surface area (TPSA) is 72.0 Å². The van der Waals surface area contributed by atoms with Gasteiger partial charge in [0.2, 0.25) is 0 Å². The van der Waals surface area contributed by atoms with Gasteiger partial charge in [0.05, 0.1) is 23.0 Å². The zero-order valence-corrected chi connectivity index (χ0v) is 13.3. The van der Waals surface area contributed by atoms with E-state index in [0.29, 0.717) is 5.69 Å². The maximum Gasteiger partial charge on any atom is 0.263 e. The molecule has 5 nitrogen and oxygen atoms in total. The van der Waals surface area contributed by atoms with Crippen molar-refractivity contribution in [3.8, 4) is 11.3 Å². The Labute approximate surface area is 135 Å². The van der Waals surface area contributed by atoms with Gasteiger partial charge in [-0.1, -0.05) is 48.0 Å². The monoisotopic (exact) mass is 325 g/mol. The Morgan fingerprint density at radius 1 is 0.870 bits per heavy atom. The highest BCUT2D eigenvalue weighted by molar-refractivity contribution is 7.92. The van der Waals surface area contributed by atoms with Crippen LogP contribution in [0.5, 0.6) is 0 Å². The third-order valence-corrected chi connectivity index (χ3v) is 4.66. The minimum absolute atomic E-state index is 0.185. The van der Waals surface area contributed by atoms with Crippen molar-refractivity contribution >= 4 is 15.8 Å². The standard InChI is InChI=1S/C17H15N3O2S/c1-13-7-9-15(10-8-13)23(21,22)20-17-12-18-16(11-19-17)14-5-3-2-4-6-14/h2-12H,1H3,(H,19,20). The maximum atomic E-state index is 12.3. The summed E-state index contributed by atoms with van der Waals surface area (Å²) in [6, 6.07) is 16.2. The van der Waals surface area contributed by atoms with E-state index in [4.69, 9.17) is 0 Å². The molecule has 0 atom stereocenters. The molecule has 3 aromatic rings. The lowest BCUT2D eigenvalue weighted by molar-refractivity contribution is 0.601. The van der Waals surface area contributed by atoms with E-state index in [2.05, 4.69) is 14.7 Å². The average molecular weight is 325 g/mol. The molecule has 0 aliphatic carbocycles. The van der Waals surface area contributed by atoms with Crippen molar-refractivity contribution in [3.05, 3.63) is 72.6 Å². The molecule has 2 aromatic carbocycles. The molecule has 23 heavy (non-hydrogen) atoms. The molecule has 0 bridgehead atoms. The lowest BCUT2D eigenvalue weighted by Crippen LogP contribution is -2.14. The molecule has 0 spiro atoms. The van der Waals surface area contributed by atoms with E-state index >= 15 is 0 Å². The first-order valence-corrected chi connectivity index (χ1v) is 8.50. The number of aromatic nitrogens is 2.